The van der Waals surface area contributed by atoms with Crippen LogP contribution >= 0.6 is 11.6 Å². The Balaban J connectivity index is 1.88. The Labute approximate surface area is 106 Å². The Kier molecular flexibility index (Phi) is 4.21. The summed E-state index contributed by atoms with van der Waals surface area (Å²) in [6.07, 6.45) is 6.90. The van der Waals surface area contributed by atoms with Gasteiger partial charge in [0.2, 0.25) is 0 Å². The summed E-state index contributed by atoms with van der Waals surface area (Å²) in [6, 6.07) is 6.43. The molecule has 0 radical (unpaired) electrons. The molecule has 0 bridgehead atoms. The van der Waals surface area contributed by atoms with Gasteiger partial charge >= 0.3 is 0 Å². The molecule has 1 aliphatic carbocycles. The Morgan fingerprint density at radius 3 is 2.94 bits per heavy atom. The van der Waals surface area contributed by atoms with E-state index in [-0.39, 0.29) is 5.82 Å². The SMILES string of the molecule is Fc1cccc(COC2=CCC(CCl)C=C2)c1. The quantitative estimate of drug-likeness (QED) is 0.735. The third-order valence-corrected chi connectivity index (χ3v) is 3.04. The third-order valence-electron chi connectivity index (χ3n) is 2.65. The molecule has 2 rings (SSSR count). The molecule has 0 heterocycles. The van der Waals surface area contributed by atoms with Crippen molar-refractivity contribution in [3.63, 3.8) is 0 Å². The lowest BCUT2D eigenvalue weighted by atomic mass is 10.0. The summed E-state index contributed by atoms with van der Waals surface area (Å²) in [6.45, 7) is 0.388. The van der Waals surface area contributed by atoms with Gasteiger partial charge in [0.05, 0.1) is 0 Å². The minimum absolute atomic E-state index is 0.235. The smallest absolute Gasteiger partial charge is 0.123 e. The summed E-state index contributed by atoms with van der Waals surface area (Å²) < 4.78 is 18.5. The van der Waals surface area contributed by atoms with Gasteiger partial charge in [-0.15, -0.1) is 11.6 Å². The maximum absolute atomic E-state index is 12.9. The van der Waals surface area contributed by atoms with Gasteiger partial charge in [-0.1, -0.05) is 18.2 Å². The molecule has 3 heteroatoms. The zero-order valence-corrected chi connectivity index (χ0v) is 10.2. The van der Waals surface area contributed by atoms with Crippen LogP contribution in [0.3, 0.4) is 0 Å². The van der Waals surface area contributed by atoms with Gasteiger partial charge in [-0.25, -0.2) is 4.39 Å². The predicted molar refractivity (Wildman–Crippen MR) is 67.2 cm³/mol. The Bertz CT molecular complexity index is 440. The number of hydrogen-bond acceptors (Lipinski definition) is 1. The van der Waals surface area contributed by atoms with Crippen LogP contribution < -0.4 is 0 Å². The number of alkyl halides is 1. The van der Waals surface area contributed by atoms with Gasteiger partial charge in [0.1, 0.15) is 18.2 Å². The molecule has 1 aromatic carbocycles. The maximum atomic E-state index is 12.9. The van der Waals surface area contributed by atoms with Crippen molar-refractivity contribution < 1.29 is 9.13 Å². The van der Waals surface area contributed by atoms with Crippen molar-refractivity contribution in [3.8, 4) is 0 Å². The van der Waals surface area contributed by atoms with Gasteiger partial charge in [-0.05, 0) is 42.2 Å². The summed E-state index contributed by atoms with van der Waals surface area (Å²) >= 11 is 5.76. The lowest BCUT2D eigenvalue weighted by molar-refractivity contribution is 0.207. The number of allylic oxidation sites excluding steroid dienone is 3. The van der Waals surface area contributed by atoms with Gasteiger partial charge < -0.3 is 4.74 Å². The van der Waals surface area contributed by atoms with Crippen LogP contribution in [0.4, 0.5) is 4.39 Å². The fraction of sp³-hybridized carbons (Fsp3) is 0.286. The molecule has 1 unspecified atom stereocenters. The van der Waals surface area contributed by atoms with Gasteiger partial charge in [-0.3, -0.25) is 0 Å². The molecule has 1 nitrogen and oxygen atoms in total. The molecule has 0 N–H and O–H groups in total. The molecule has 0 aromatic heterocycles. The average molecular weight is 253 g/mol. The molecule has 0 saturated heterocycles. The zero-order chi connectivity index (χ0) is 12.1. The van der Waals surface area contributed by atoms with Crippen molar-refractivity contribution in [1.29, 1.82) is 0 Å². The highest BCUT2D eigenvalue weighted by Gasteiger charge is 2.08. The van der Waals surface area contributed by atoms with Crippen molar-refractivity contribution in [1.82, 2.24) is 0 Å². The van der Waals surface area contributed by atoms with Crippen molar-refractivity contribution in [2.24, 2.45) is 5.92 Å². The van der Waals surface area contributed by atoms with Crippen LogP contribution in [-0.2, 0) is 11.3 Å². The van der Waals surface area contributed by atoms with Crippen LogP contribution in [-0.4, -0.2) is 5.88 Å². The Morgan fingerprint density at radius 2 is 2.29 bits per heavy atom. The Hall–Kier alpha value is -1.28. The lowest BCUT2D eigenvalue weighted by Gasteiger charge is -2.14. The van der Waals surface area contributed by atoms with E-state index in [1.807, 2.05) is 24.3 Å². The van der Waals surface area contributed by atoms with Crippen LogP contribution in [0.5, 0.6) is 0 Å². The number of hydrogen-bond donors (Lipinski definition) is 0. The van der Waals surface area contributed by atoms with Gasteiger partial charge in [-0.2, -0.15) is 0 Å². The molecule has 0 aliphatic heterocycles. The summed E-state index contributed by atoms with van der Waals surface area (Å²) in [5, 5.41) is 0. The van der Waals surface area contributed by atoms with Gasteiger partial charge in [0, 0.05) is 5.88 Å². The molecule has 17 heavy (non-hydrogen) atoms. The minimum Gasteiger partial charge on any atom is -0.489 e. The highest BCUT2D eigenvalue weighted by Crippen LogP contribution is 2.19. The van der Waals surface area contributed by atoms with E-state index in [1.165, 1.54) is 12.1 Å². The highest BCUT2D eigenvalue weighted by atomic mass is 35.5. The molecule has 0 fully saturated rings. The fourth-order valence-electron chi connectivity index (χ4n) is 1.66. The number of halogens is 2. The monoisotopic (exact) mass is 252 g/mol. The van der Waals surface area contributed by atoms with Crippen LogP contribution in [0.25, 0.3) is 0 Å². The fourth-order valence-corrected chi connectivity index (χ4v) is 1.89. The standard InChI is InChI=1S/C14H14ClFO/c15-9-11-4-6-14(7-5-11)17-10-12-2-1-3-13(16)8-12/h1-4,6-8,11H,5,9-10H2. The van der Waals surface area contributed by atoms with Crippen molar-refractivity contribution >= 4 is 11.6 Å². The van der Waals surface area contributed by atoms with Crippen LogP contribution in [0, 0.1) is 11.7 Å². The molecule has 0 spiro atoms. The summed E-state index contributed by atoms with van der Waals surface area (Å²) in [7, 11) is 0. The predicted octanol–water partition coefficient (Wildman–Crippen LogP) is 4.04. The minimum atomic E-state index is -0.235. The zero-order valence-electron chi connectivity index (χ0n) is 9.40. The first kappa shape index (κ1) is 12.2. The molecular weight excluding hydrogens is 239 g/mol. The second-order valence-electron chi connectivity index (χ2n) is 4.03. The van der Waals surface area contributed by atoms with Gasteiger partial charge in [0.25, 0.3) is 0 Å². The molecule has 1 aliphatic rings. The lowest BCUT2D eigenvalue weighted by Crippen LogP contribution is -2.03. The van der Waals surface area contributed by atoms with E-state index in [1.54, 1.807) is 6.07 Å². The van der Waals surface area contributed by atoms with E-state index in [4.69, 9.17) is 16.3 Å². The van der Waals surface area contributed by atoms with Crippen LogP contribution in [0.15, 0.2) is 48.3 Å². The van der Waals surface area contributed by atoms with E-state index in [0.29, 0.717) is 18.4 Å². The van der Waals surface area contributed by atoms with Gasteiger partial charge in [0.15, 0.2) is 0 Å². The largest absolute Gasteiger partial charge is 0.489 e. The molecule has 0 amide bonds. The van der Waals surface area contributed by atoms with Crippen LogP contribution in [0.2, 0.25) is 0 Å². The van der Waals surface area contributed by atoms with E-state index in [2.05, 4.69) is 0 Å². The first-order valence-corrected chi connectivity index (χ1v) is 6.13. The van der Waals surface area contributed by atoms with Crippen molar-refractivity contribution in [3.05, 3.63) is 59.6 Å². The van der Waals surface area contributed by atoms with Crippen molar-refractivity contribution in [2.75, 3.05) is 5.88 Å². The molecular formula is C14H14ClFO. The maximum Gasteiger partial charge on any atom is 0.123 e. The second kappa shape index (κ2) is 5.87. The number of ether oxygens (including phenoxy) is 1. The van der Waals surface area contributed by atoms with Crippen molar-refractivity contribution in [2.45, 2.75) is 13.0 Å². The van der Waals surface area contributed by atoms with E-state index >= 15 is 0 Å². The molecule has 1 atom stereocenters. The highest BCUT2D eigenvalue weighted by molar-refractivity contribution is 6.18. The first-order valence-electron chi connectivity index (χ1n) is 5.59. The second-order valence-corrected chi connectivity index (χ2v) is 4.34. The van der Waals surface area contributed by atoms with E-state index in [0.717, 1.165) is 17.7 Å². The molecule has 90 valence electrons. The van der Waals surface area contributed by atoms with E-state index < -0.39 is 0 Å². The average Bonchev–Trinajstić information content (AvgIpc) is 2.37. The normalized spacial score (nSPS) is 18.9. The van der Waals surface area contributed by atoms with E-state index in [9.17, 15) is 4.39 Å². The Morgan fingerprint density at radius 1 is 1.41 bits per heavy atom. The number of benzene rings is 1. The first-order chi connectivity index (χ1) is 8.28. The third kappa shape index (κ3) is 3.60. The molecule has 1 aromatic rings. The topological polar surface area (TPSA) is 9.23 Å². The number of rotatable bonds is 4. The summed E-state index contributed by atoms with van der Waals surface area (Å²) in [5.74, 6) is 1.62. The summed E-state index contributed by atoms with van der Waals surface area (Å²) in [5.41, 5.74) is 0.832. The molecule has 0 saturated carbocycles. The summed E-state index contributed by atoms with van der Waals surface area (Å²) in [4.78, 5) is 0. The van der Waals surface area contributed by atoms with Crippen LogP contribution in [0.1, 0.15) is 12.0 Å².